The number of thioether (sulfide) groups is 1. The quantitative estimate of drug-likeness (QED) is 0.336. The second-order valence-corrected chi connectivity index (χ2v) is 9.98. The van der Waals surface area contributed by atoms with Crippen LogP contribution in [-0.4, -0.2) is 65.4 Å². The molecule has 0 atom stereocenters. The van der Waals surface area contributed by atoms with Crippen molar-refractivity contribution in [1.82, 2.24) is 4.90 Å². The van der Waals surface area contributed by atoms with E-state index in [0.717, 1.165) is 30.8 Å². The molecule has 2 heterocycles. The number of hydrogen-bond acceptors (Lipinski definition) is 7. The SMILES string of the molecule is CCCc1cc(O)c(Cl)c2c1C(=O)OCC/C=C/CC/C=C/C(=N\OCC(=O)N1CCSCC1)C2. The number of aromatic hydroxyl groups is 1. The molecule has 1 aromatic carbocycles. The van der Waals surface area contributed by atoms with Crippen LogP contribution in [0.3, 0.4) is 0 Å². The first-order valence-corrected chi connectivity index (χ1v) is 13.6. The van der Waals surface area contributed by atoms with Crippen molar-refractivity contribution in [2.75, 3.05) is 37.8 Å². The number of phenolic OH excluding ortho intramolecular Hbond substituents is 1. The average Bonchev–Trinajstić information content (AvgIpc) is 2.85. The van der Waals surface area contributed by atoms with Crippen molar-refractivity contribution in [3.05, 3.63) is 52.1 Å². The number of nitrogens with zero attached hydrogens (tertiary/aromatic N) is 2. The number of carbonyl (C=O) groups is 2. The van der Waals surface area contributed by atoms with E-state index in [0.29, 0.717) is 48.3 Å². The van der Waals surface area contributed by atoms with Crippen molar-refractivity contribution in [3.63, 3.8) is 0 Å². The third kappa shape index (κ3) is 8.04. The van der Waals surface area contributed by atoms with Gasteiger partial charge < -0.3 is 19.6 Å². The Hall–Kier alpha value is -2.45. The number of oxime groups is 1. The van der Waals surface area contributed by atoms with Crippen LogP contribution in [0.4, 0.5) is 0 Å². The molecule has 0 spiro atoms. The largest absolute Gasteiger partial charge is 0.506 e. The molecule has 0 unspecified atom stereocenters. The fraction of sp³-hybridized carbons (Fsp3) is 0.500. The lowest BCUT2D eigenvalue weighted by molar-refractivity contribution is -0.135. The minimum atomic E-state index is -0.474. The highest BCUT2D eigenvalue weighted by molar-refractivity contribution is 7.99. The van der Waals surface area contributed by atoms with Gasteiger partial charge in [0.2, 0.25) is 0 Å². The van der Waals surface area contributed by atoms with E-state index in [1.54, 1.807) is 4.90 Å². The summed E-state index contributed by atoms with van der Waals surface area (Å²) in [6.07, 6.45) is 11.6. The molecule has 0 bridgehead atoms. The lowest BCUT2D eigenvalue weighted by atomic mass is 9.93. The van der Waals surface area contributed by atoms with E-state index in [1.807, 2.05) is 36.9 Å². The lowest BCUT2D eigenvalue weighted by Crippen LogP contribution is -2.39. The maximum absolute atomic E-state index is 13.1. The highest BCUT2D eigenvalue weighted by Crippen LogP contribution is 2.34. The Morgan fingerprint density at radius 2 is 1.97 bits per heavy atom. The van der Waals surface area contributed by atoms with Crippen molar-refractivity contribution in [1.29, 1.82) is 0 Å². The number of allylic oxidation sites excluding steroid dienone is 3. The van der Waals surface area contributed by atoms with Gasteiger partial charge >= 0.3 is 5.97 Å². The predicted octanol–water partition coefficient (Wildman–Crippen LogP) is 4.94. The van der Waals surface area contributed by atoms with Gasteiger partial charge in [0, 0.05) is 31.0 Å². The van der Waals surface area contributed by atoms with Gasteiger partial charge in [0.15, 0.2) is 6.61 Å². The molecule has 35 heavy (non-hydrogen) atoms. The van der Waals surface area contributed by atoms with Crippen LogP contribution in [0.25, 0.3) is 0 Å². The number of benzene rings is 1. The zero-order valence-corrected chi connectivity index (χ0v) is 21.7. The molecular weight excluding hydrogens is 488 g/mol. The number of rotatable bonds is 5. The van der Waals surface area contributed by atoms with Crippen LogP contribution in [0.2, 0.25) is 5.02 Å². The van der Waals surface area contributed by atoms with E-state index in [4.69, 9.17) is 21.2 Å². The normalized spacial score (nSPS) is 20.5. The Morgan fingerprint density at radius 1 is 1.23 bits per heavy atom. The highest BCUT2D eigenvalue weighted by atomic mass is 35.5. The Bertz CT molecular complexity index is 986. The molecule has 1 fully saturated rings. The minimum absolute atomic E-state index is 0.0896. The number of hydrogen-bond donors (Lipinski definition) is 1. The van der Waals surface area contributed by atoms with Gasteiger partial charge in [-0.25, -0.2) is 4.79 Å². The van der Waals surface area contributed by atoms with Crippen LogP contribution in [0.1, 0.15) is 54.1 Å². The van der Waals surface area contributed by atoms with E-state index >= 15 is 0 Å². The number of ether oxygens (including phenoxy) is 1. The van der Waals surface area contributed by atoms with Gasteiger partial charge in [0.25, 0.3) is 5.91 Å². The van der Waals surface area contributed by atoms with Crippen LogP contribution in [0.5, 0.6) is 5.75 Å². The molecule has 0 aromatic heterocycles. The van der Waals surface area contributed by atoms with Gasteiger partial charge in [-0.3, -0.25) is 4.79 Å². The summed E-state index contributed by atoms with van der Waals surface area (Å²) in [6.45, 7) is 3.52. The third-order valence-electron chi connectivity index (χ3n) is 5.73. The third-order valence-corrected chi connectivity index (χ3v) is 7.10. The number of carbonyl (C=O) groups excluding carboxylic acids is 2. The van der Waals surface area contributed by atoms with E-state index in [9.17, 15) is 14.7 Å². The minimum Gasteiger partial charge on any atom is -0.506 e. The molecule has 9 heteroatoms. The summed E-state index contributed by atoms with van der Waals surface area (Å²) in [5.74, 6) is 1.18. The molecule has 1 N–H and O–H groups in total. The van der Waals surface area contributed by atoms with Gasteiger partial charge in [0.1, 0.15) is 5.75 Å². The second kappa shape index (κ2) is 14.2. The first kappa shape index (κ1) is 27.1. The Balaban J connectivity index is 1.91. The van der Waals surface area contributed by atoms with Crippen molar-refractivity contribution in [3.8, 4) is 5.75 Å². The van der Waals surface area contributed by atoms with Crippen molar-refractivity contribution >= 4 is 41.0 Å². The zero-order chi connectivity index (χ0) is 25.0. The first-order chi connectivity index (χ1) is 17.0. The van der Waals surface area contributed by atoms with E-state index in [-0.39, 0.29) is 36.3 Å². The molecule has 7 nitrogen and oxygen atoms in total. The van der Waals surface area contributed by atoms with E-state index in [1.165, 1.54) is 6.07 Å². The molecule has 1 saturated heterocycles. The number of cyclic esters (lactones) is 1. The van der Waals surface area contributed by atoms with Gasteiger partial charge in [0.05, 0.1) is 22.9 Å². The van der Waals surface area contributed by atoms with Crippen LogP contribution in [0, 0.1) is 0 Å². The average molecular weight is 521 g/mol. The van der Waals surface area contributed by atoms with Crippen molar-refractivity contribution < 1.29 is 24.3 Å². The van der Waals surface area contributed by atoms with Crippen LogP contribution in [0.15, 0.2) is 35.5 Å². The molecule has 1 aromatic rings. The maximum atomic E-state index is 13.1. The van der Waals surface area contributed by atoms with Crippen molar-refractivity contribution in [2.24, 2.45) is 5.16 Å². The number of fused-ring (bicyclic) bond motifs is 1. The topological polar surface area (TPSA) is 88.4 Å². The smallest absolute Gasteiger partial charge is 0.338 e. The molecule has 1 amide bonds. The lowest BCUT2D eigenvalue weighted by Gasteiger charge is -2.25. The van der Waals surface area contributed by atoms with Crippen LogP contribution < -0.4 is 0 Å². The number of esters is 1. The number of phenols is 1. The molecule has 2 aliphatic rings. The van der Waals surface area contributed by atoms with Crippen LogP contribution in [-0.2, 0) is 27.2 Å². The number of aryl methyl sites for hydroxylation is 1. The van der Waals surface area contributed by atoms with Crippen LogP contribution >= 0.6 is 23.4 Å². The summed E-state index contributed by atoms with van der Waals surface area (Å²) in [5.41, 5.74) is 1.98. The molecule has 0 saturated carbocycles. The second-order valence-electron chi connectivity index (χ2n) is 8.37. The molecule has 0 radical (unpaired) electrons. The van der Waals surface area contributed by atoms with Crippen molar-refractivity contribution in [2.45, 2.75) is 45.4 Å². The predicted molar refractivity (Wildman–Crippen MR) is 141 cm³/mol. The summed E-state index contributed by atoms with van der Waals surface area (Å²) < 4.78 is 5.54. The summed E-state index contributed by atoms with van der Waals surface area (Å²) in [6, 6.07) is 1.54. The number of amides is 1. The van der Waals surface area contributed by atoms with Gasteiger partial charge in [-0.2, -0.15) is 11.8 Å². The summed E-state index contributed by atoms with van der Waals surface area (Å²) in [4.78, 5) is 32.8. The zero-order valence-electron chi connectivity index (χ0n) is 20.1. The summed E-state index contributed by atoms with van der Waals surface area (Å²) in [7, 11) is 0. The maximum Gasteiger partial charge on any atom is 0.338 e. The highest BCUT2D eigenvalue weighted by Gasteiger charge is 2.24. The van der Waals surface area contributed by atoms with Gasteiger partial charge in [-0.15, -0.1) is 0 Å². The molecule has 190 valence electrons. The Kier molecular flexibility index (Phi) is 11.0. The standard InChI is InChI=1S/C26H33ClN2O5S/c1-2-9-19-16-22(30)25(27)21-17-20(28-34-18-23(31)29-11-14-35-15-12-29)10-7-5-3-4-6-8-13-33-26(32)24(19)21/h4,6-7,10,16,30H,2-3,5,8-9,11-15,17-18H2,1H3/b6-4+,10-7+,28-20+. The number of halogens is 1. The Morgan fingerprint density at radius 3 is 2.74 bits per heavy atom. The monoisotopic (exact) mass is 520 g/mol. The Labute approximate surface area is 216 Å². The molecule has 0 aliphatic carbocycles. The fourth-order valence-electron chi connectivity index (χ4n) is 3.96. The fourth-order valence-corrected chi connectivity index (χ4v) is 5.08. The first-order valence-electron chi connectivity index (χ1n) is 12.1. The van der Waals surface area contributed by atoms with E-state index < -0.39 is 5.97 Å². The van der Waals surface area contributed by atoms with E-state index in [2.05, 4.69) is 11.2 Å². The van der Waals surface area contributed by atoms with Gasteiger partial charge in [-0.05, 0) is 49.0 Å². The molecule has 3 rings (SSSR count). The summed E-state index contributed by atoms with van der Waals surface area (Å²) >= 11 is 8.33. The summed E-state index contributed by atoms with van der Waals surface area (Å²) in [5, 5.41) is 14.8. The molecule has 2 aliphatic heterocycles. The van der Waals surface area contributed by atoms with Gasteiger partial charge in [-0.1, -0.05) is 48.3 Å². The molecular formula is C26H33ClN2O5S.